The average Bonchev–Trinajstić information content (AvgIpc) is 3.54. The molecule has 6 heteroatoms. The first-order valence-electron chi connectivity index (χ1n) is 40.4. The van der Waals surface area contributed by atoms with E-state index < -0.39 is 12.1 Å². The number of unbranched alkanes of at least 4 members (excludes halogenated alkanes) is 64. The predicted octanol–water partition coefficient (Wildman–Crippen LogP) is 26.7. The van der Waals surface area contributed by atoms with E-state index in [1.54, 1.807) is 0 Å². The fraction of sp³-hybridized carbons (Fsp3) is 0.951. The summed E-state index contributed by atoms with van der Waals surface area (Å²) in [5.74, 6) is -0.00924. The van der Waals surface area contributed by atoms with Crippen LogP contribution in [0.2, 0.25) is 0 Å². The van der Waals surface area contributed by atoms with E-state index in [9.17, 15) is 19.8 Å². The van der Waals surface area contributed by atoms with Gasteiger partial charge in [-0.05, 0) is 51.4 Å². The molecule has 0 radical (unpaired) electrons. The third-order valence-electron chi connectivity index (χ3n) is 19.3. The molecule has 0 saturated carbocycles. The Balaban J connectivity index is 3.31. The van der Waals surface area contributed by atoms with Crippen LogP contribution >= 0.6 is 0 Å². The number of rotatable bonds is 77. The predicted molar refractivity (Wildman–Crippen MR) is 384 cm³/mol. The van der Waals surface area contributed by atoms with Crippen LogP contribution in [-0.2, 0) is 14.3 Å². The van der Waals surface area contributed by atoms with Crippen LogP contribution in [0.5, 0.6) is 0 Å². The molecule has 0 aliphatic carbocycles. The Kier molecular flexibility index (Phi) is 75.8. The molecule has 0 aliphatic heterocycles. The van der Waals surface area contributed by atoms with E-state index in [-0.39, 0.29) is 18.5 Å². The molecule has 0 aromatic carbocycles. The summed E-state index contributed by atoms with van der Waals surface area (Å²) in [6, 6.07) is -0.538. The van der Waals surface area contributed by atoms with Gasteiger partial charge < -0.3 is 20.3 Å². The summed E-state index contributed by atoms with van der Waals surface area (Å²) in [4.78, 5) is 24.6. The van der Waals surface area contributed by atoms with Crippen molar-refractivity contribution in [3.63, 3.8) is 0 Å². The van der Waals surface area contributed by atoms with Gasteiger partial charge in [-0.15, -0.1) is 0 Å². The Labute approximate surface area is 546 Å². The van der Waals surface area contributed by atoms with E-state index in [0.717, 1.165) is 44.9 Å². The molecular formula is C81H159NO5. The van der Waals surface area contributed by atoms with Gasteiger partial charge in [0.15, 0.2) is 0 Å². The number of aliphatic hydroxyl groups is 2. The number of nitrogens with one attached hydrogen (secondary N) is 1. The van der Waals surface area contributed by atoms with E-state index in [1.807, 2.05) is 0 Å². The lowest BCUT2D eigenvalue weighted by Gasteiger charge is -2.22. The number of carbonyl (C=O) groups excluding carboxylic acids is 2. The van der Waals surface area contributed by atoms with E-state index in [2.05, 4.69) is 31.3 Å². The van der Waals surface area contributed by atoms with Crippen molar-refractivity contribution in [3.8, 4) is 0 Å². The largest absolute Gasteiger partial charge is 0.466 e. The van der Waals surface area contributed by atoms with Crippen LogP contribution in [0.4, 0.5) is 0 Å². The van der Waals surface area contributed by atoms with E-state index in [4.69, 9.17) is 4.74 Å². The number of amides is 1. The lowest BCUT2D eigenvalue weighted by atomic mass is 10.0. The topological polar surface area (TPSA) is 95.9 Å². The molecular weight excluding hydrogens is 1070 g/mol. The van der Waals surface area contributed by atoms with E-state index in [0.29, 0.717) is 25.9 Å². The second-order valence-corrected chi connectivity index (χ2v) is 28.1. The maximum atomic E-state index is 12.6. The molecule has 0 bridgehead atoms. The van der Waals surface area contributed by atoms with Crippen LogP contribution in [0.15, 0.2) is 12.2 Å². The summed E-state index contributed by atoms with van der Waals surface area (Å²) in [7, 11) is 0. The van der Waals surface area contributed by atoms with E-state index >= 15 is 0 Å². The monoisotopic (exact) mass is 1230 g/mol. The fourth-order valence-corrected chi connectivity index (χ4v) is 13.2. The van der Waals surface area contributed by atoms with Gasteiger partial charge in [-0.25, -0.2) is 0 Å². The van der Waals surface area contributed by atoms with Crippen molar-refractivity contribution >= 4 is 11.9 Å². The van der Waals surface area contributed by atoms with Crippen LogP contribution in [0.1, 0.15) is 470 Å². The quantitative estimate of drug-likeness (QED) is 0.0320. The van der Waals surface area contributed by atoms with Gasteiger partial charge in [0.2, 0.25) is 5.91 Å². The molecule has 0 heterocycles. The molecule has 518 valence electrons. The lowest BCUT2D eigenvalue weighted by molar-refractivity contribution is -0.143. The summed E-state index contributed by atoms with van der Waals surface area (Å²) >= 11 is 0. The molecule has 0 spiro atoms. The molecule has 0 saturated heterocycles. The third-order valence-corrected chi connectivity index (χ3v) is 19.3. The fourth-order valence-electron chi connectivity index (χ4n) is 13.2. The molecule has 6 nitrogen and oxygen atoms in total. The normalized spacial score (nSPS) is 12.5. The summed E-state index contributed by atoms with van der Waals surface area (Å²) < 4.78 is 5.49. The number of hydrogen-bond acceptors (Lipinski definition) is 5. The van der Waals surface area contributed by atoms with Gasteiger partial charge >= 0.3 is 5.97 Å². The van der Waals surface area contributed by atoms with Crippen LogP contribution < -0.4 is 5.32 Å². The van der Waals surface area contributed by atoms with Gasteiger partial charge in [0.05, 0.1) is 25.4 Å². The number of ether oxygens (including phenoxy) is 1. The summed E-state index contributed by atoms with van der Waals surface area (Å²) in [6.45, 7) is 4.99. The van der Waals surface area contributed by atoms with Crippen LogP contribution in [0.3, 0.4) is 0 Å². The zero-order chi connectivity index (χ0) is 62.8. The Morgan fingerprint density at radius 2 is 0.540 bits per heavy atom. The molecule has 0 aromatic rings. The van der Waals surface area contributed by atoms with Crippen molar-refractivity contribution in [2.75, 3.05) is 13.2 Å². The van der Waals surface area contributed by atoms with Crippen molar-refractivity contribution < 1.29 is 24.5 Å². The van der Waals surface area contributed by atoms with Gasteiger partial charge in [0.25, 0.3) is 0 Å². The second kappa shape index (κ2) is 77.1. The standard InChI is InChI=1S/C81H159NO5/c1-3-5-7-9-11-13-15-17-18-19-20-21-37-40-43-46-50-53-57-61-65-69-73-79(84)78(77-83)82-80(85)74-70-66-62-58-54-51-47-44-41-38-35-33-31-29-27-25-23-22-24-26-28-30-32-34-36-39-42-45-48-52-56-60-64-68-72-76-87-81(86)75-71-67-63-59-55-49-16-14-12-10-8-6-4-2/h14,16,78-79,83-84H,3-13,15,17-77H2,1-2H3,(H,82,85)/b16-14-. The van der Waals surface area contributed by atoms with Crippen molar-refractivity contribution in [2.45, 2.75) is 482 Å². The number of esters is 1. The Morgan fingerprint density at radius 3 is 0.828 bits per heavy atom. The van der Waals surface area contributed by atoms with Gasteiger partial charge in [-0.2, -0.15) is 0 Å². The number of carbonyl (C=O) groups is 2. The van der Waals surface area contributed by atoms with Crippen LogP contribution in [0, 0.1) is 0 Å². The molecule has 87 heavy (non-hydrogen) atoms. The van der Waals surface area contributed by atoms with Crippen molar-refractivity contribution in [2.24, 2.45) is 0 Å². The number of aliphatic hydroxyl groups excluding tert-OH is 2. The SMILES string of the molecule is CCCCCC/C=C\CCCCCCCC(=O)OCCCCCCCCCCCCCCCCCCCCCCCCCCCCCCCCCCCCCC(=O)NC(CO)C(O)CCCCCCCCCCCCCCCCCCCCCCCC. The minimum atomic E-state index is -0.661. The van der Waals surface area contributed by atoms with Gasteiger partial charge in [0, 0.05) is 12.8 Å². The minimum absolute atomic E-state index is 0.0144. The zero-order valence-corrected chi connectivity index (χ0v) is 59.5. The molecule has 2 unspecified atom stereocenters. The first kappa shape index (κ1) is 85.6. The molecule has 3 N–H and O–H groups in total. The van der Waals surface area contributed by atoms with E-state index in [1.165, 1.54) is 392 Å². The minimum Gasteiger partial charge on any atom is -0.466 e. The zero-order valence-electron chi connectivity index (χ0n) is 59.5. The summed E-state index contributed by atoms with van der Waals surface area (Å²) in [6.07, 6.45) is 97.5. The Bertz CT molecular complexity index is 1320. The lowest BCUT2D eigenvalue weighted by Crippen LogP contribution is -2.45. The smallest absolute Gasteiger partial charge is 0.305 e. The number of allylic oxidation sites excluding steroid dienone is 2. The highest BCUT2D eigenvalue weighted by molar-refractivity contribution is 5.76. The summed E-state index contributed by atoms with van der Waals surface area (Å²) in [5.41, 5.74) is 0. The highest BCUT2D eigenvalue weighted by Gasteiger charge is 2.20. The second-order valence-electron chi connectivity index (χ2n) is 28.1. The molecule has 0 aromatic heterocycles. The molecule has 0 aliphatic rings. The summed E-state index contributed by atoms with van der Waals surface area (Å²) in [5, 5.41) is 23.5. The van der Waals surface area contributed by atoms with Crippen molar-refractivity contribution in [1.29, 1.82) is 0 Å². The Hall–Kier alpha value is -1.40. The maximum absolute atomic E-state index is 12.6. The molecule has 2 atom stereocenters. The average molecular weight is 1230 g/mol. The van der Waals surface area contributed by atoms with Crippen LogP contribution in [0.25, 0.3) is 0 Å². The van der Waals surface area contributed by atoms with Crippen molar-refractivity contribution in [1.82, 2.24) is 5.32 Å². The molecule has 0 rings (SSSR count). The maximum Gasteiger partial charge on any atom is 0.305 e. The van der Waals surface area contributed by atoms with Gasteiger partial charge in [-0.3, -0.25) is 9.59 Å². The first-order chi connectivity index (χ1) is 43.0. The van der Waals surface area contributed by atoms with Gasteiger partial charge in [-0.1, -0.05) is 418 Å². The first-order valence-corrected chi connectivity index (χ1v) is 40.4. The van der Waals surface area contributed by atoms with Gasteiger partial charge in [0.1, 0.15) is 0 Å². The number of hydrogen-bond donors (Lipinski definition) is 3. The Morgan fingerprint density at radius 1 is 0.310 bits per heavy atom. The third kappa shape index (κ3) is 73.5. The molecule has 1 amide bonds. The van der Waals surface area contributed by atoms with Crippen molar-refractivity contribution in [3.05, 3.63) is 12.2 Å². The highest BCUT2D eigenvalue weighted by Crippen LogP contribution is 2.21. The molecule has 0 fully saturated rings. The highest BCUT2D eigenvalue weighted by atomic mass is 16.5. The van der Waals surface area contributed by atoms with Crippen LogP contribution in [-0.4, -0.2) is 47.4 Å².